The third-order valence-corrected chi connectivity index (χ3v) is 13.5. The molecule has 41 heavy (non-hydrogen) atoms. The highest BCUT2D eigenvalue weighted by Crippen LogP contribution is 2.57. The zero-order valence-corrected chi connectivity index (χ0v) is 27.0. The lowest BCUT2D eigenvalue weighted by atomic mass is 9.98. The van der Waals surface area contributed by atoms with Crippen LogP contribution in [0.1, 0.15) is 92.2 Å². The van der Waals surface area contributed by atoms with E-state index >= 15 is 0 Å². The first kappa shape index (κ1) is 29.9. The minimum absolute atomic E-state index is 0.0662. The van der Waals surface area contributed by atoms with Crippen LogP contribution in [0.5, 0.6) is 11.5 Å². The van der Waals surface area contributed by atoms with Crippen molar-refractivity contribution in [2.45, 2.75) is 104 Å². The lowest BCUT2D eigenvalue weighted by Crippen LogP contribution is -2.62. The highest BCUT2D eigenvalue weighted by atomic mass is 28.4. The first-order valence-corrected chi connectivity index (χ1v) is 16.9. The summed E-state index contributed by atoms with van der Waals surface area (Å²) in [6, 6.07) is 8.29. The zero-order chi connectivity index (χ0) is 29.6. The molecule has 2 aliphatic rings. The van der Waals surface area contributed by atoms with Crippen molar-refractivity contribution in [3.63, 3.8) is 0 Å². The van der Waals surface area contributed by atoms with Crippen molar-refractivity contribution in [2.24, 2.45) is 5.92 Å². The Hall–Kier alpha value is -2.61. The molecule has 0 bridgehead atoms. The largest absolute Gasteiger partial charge is 0.511 e. The minimum atomic E-state index is -3.02. The molecule has 2 aromatic carbocycles. The number of hydrogen-bond donors (Lipinski definition) is 0. The average Bonchev–Trinajstić information content (AvgIpc) is 3.19. The van der Waals surface area contributed by atoms with Crippen molar-refractivity contribution in [3.05, 3.63) is 41.5 Å². The van der Waals surface area contributed by atoms with Gasteiger partial charge in [-0.15, -0.1) is 0 Å². The summed E-state index contributed by atoms with van der Waals surface area (Å²) in [6.45, 7) is 19.1. The molecule has 0 N–H and O–H groups in total. The fourth-order valence-electron chi connectivity index (χ4n) is 6.44. The van der Waals surface area contributed by atoms with Gasteiger partial charge in [-0.25, -0.2) is 0 Å². The van der Waals surface area contributed by atoms with Gasteiger partial charge in [0.15, 0.2) is 6.29 Å². The second kappa shape index (κ2) is 11.2. The standard InChI is InChI=1S/C34H46O6Si/c1-22(21-37-29-11-9-10-18-36-29)12-13-24-14-15-26-31-30-27(38-26)19-25(23(2)16-17-35)20-28(30)39-41(33(3,4)5,34(6,7)8)40-32(24)31/h14-17,19-20,22,29H,9-13,18,21H2,1-8H3/b23-16-/t22-,29?/m1/s1. The van der Waals surface area contributed by atoms with Gasteiger partial charge in [0.25, 0.3) is 0 Å². The van der Waals surface area contributed by atoms with Crippen LogP contribution in [0.2, 0.25) is 10.1 Å². The van der Waals surface area contributed by atoms with Gasteiger partial charge < -0.3 is 22.7 Å². The first-order chi connectivity index (χ1) is 19.3. The van der Waals surface area contributed by atoms with Crippen LogP contribution in [0.15, 0.2) is 34.8 Å². The Labute approximate surface area is 245 Å². The van der Waals surface area contributed by atoms with Gasteiger partial charge >= 0.3 is 8.56 Å². The maximum Gasteiger partial charge on any atom is 0.471 e. The molecule has 0 aliphatic carbocycles. The number of aldehydes is 1. The lowest BCUT2D eigenvalue weighted by molar-refractivity contribution is -0.168. The van der Waals surface area contributed by atoms with Gasteiger partial charge in [-0.05, 0) is 85.9 Å². The second-order valence-corrected chi connectivity index (χ2v) is 18.6. The number of carbonyl (C=O) groups is 1. The highest BCUT2D eigenvalue weighted by molar-refractivity contribution is 6.75. The van der Waals surface area contributed by atoms with E-state index in [0.717, 1.165) is 83.2 Å². The van der Waals surface area contributed by atoms with Gasteiger partial charge in [-0.2, -0.15) is 0 Å². The van der Waals surface area contributed by atoms with E-state index in [4.69, 9.17) is 22.7 Å². The van der Waals surface area contributed by atoms with E-state index in [1.807, 2.05) is 13.0 Å². The Bertz CT molecular complexity index is 1430. The maximum atomic E-state index is 11.3. The Kier molecular flexibility index (Phi) is 8.18. The Morgan fingerprint density at radius 2 is 1.80 bits per heavy atom. The maximum absolute atomic E-state index is 11.3. The Balaban J connectivity index is 1.59. The van der Waals surface area contributed by atoms with Crippen molar-refractivity contribution >= 4 is 42.4 Å². The molecule has 1 unspecified atom stereocenters. The van der Waals surface area contributed by atoms with Crippen molar-refractivity contribution in [2.75, 3.05) is 13.2 Å². The Morgan fingerprint density at radius 1 is 1.05 bits per heavy atom. The van der Waals surface area contributed by atoms with Crippen LogP contribution in [-0.2, 0) is 20.7 Å². The van der Waals surface area contributed by atoms with Gasteiger partial charge in [-0.3, -0.25) is 4.79 Å². The molecule has 222 valence electrons. The molecule has 2 atom stereocenters. The molecule has 0 spiro atoms. The Morgan fingerprint density at radius 3 is 2.46 bits per heavy atom. The predicted molar refractivity (Wildman–Crippen MR) is 167 cm³/mol. The van der Waals surface area contributed by atoms with Crippen molar-refractivity contribution in [1.29, 1.82) is 0 Å². The van der Waals surface area contributed by atoms with Crippen molar-refractivity contribution in [3.8, 4) is 11.5 Å². The molecule has 0 amide bonds. The molecule has 6 nitrogen and oxygen atoms in total. The number of aryl methyl sites for hydroxylation is 1. The fraction of sp³-hybridized carbons (Fsp3) is 0.559. The number of ether oxygens (including phenoxy) is 2. The van der Waals surface area contributed by atoms with E-state index in [1.54, 1.807) is 6.08 Å². The number of furan rings is 1. The molecule has 5 rings (SSSR count). The van der Waals surface area contributed by atoms with Gasteiger partial charge in [0.05, 0.1) is 17.4 Å². The topological polar surface area (TPSA) is 67.1 Å². The second-order valence-electron chi connectivity index (χ2n) is 14.0. The van der Waals surface area contributed by atoms with E-state index in [1.165, 1.54) is 12.0 Å². The van der Waals surface area contributed by atoms with E-state index in [0.29, 0.717) is 12.5 Å². The fourth-order valence-corrected chi connectivity index (χ4v) is 10.9. The summed E-state index contributed by atoms with van der Waals surface area (Å²) in [5.41, 5.74) is 4.47. The van der Waals surface area contributed by atoms with Crippen LogP contribution in [-0.4, -0.2) is 34.4 Å². The highest BCUT2D eigenvalue weighted by Gasteiger charge is 2.63. The summed E-state index contributed by atoms with van der Waals surface area (Å²) in [6.07, 6.45) is 7.44. The van der Waals surface area contributed by atoms with Crippen molar-refractivity contribution in [1.82, 2.24) is 0 Å². The van der Waals surface area contributed by atoms with E-state index in [-0.39, 0.29) is 16.4 Å². The summed E-state index contributed by atoms with van der Waals surface area (Å²) in [5, 5.41) is 1.44. The minimum Gasteiger partial charge on any atom is -0.511 e. The number of hydrogen-bond acceptors (Lipinski definition) is 6. The molecule has 1 aromatic heterocycles. The quantitative estimate of drug-likeness (QED) is 0.151. The SMILES string of the molecule is C/C(=C/C=O)c1cc2c3c(c1)oc1ccc(CC[C@@H](C)COC4CCCCO4)c(c13)O[Si](C(C)(C)C)(C(C)(C)C)O2. The normalized spacial score (nSPS) is 20.1. The monoisotopic (exact) mass is 578 g/mol. The molecule has 3 aromatic rings. The third-order valence-electron chi connectivity index (χ3n) is 8.60. The smallest absolute Gasteiger partial charge is 0.471 e. The van der Waals surface area contributed by atoms with E-state index < -0.39 is 8.56 Å². The molecular weight excluding hydrogens is 532 g/mol. The van der Waals surface area contributed by atoms with Crippen LogP contribution >= 0.6 is 0 Å². The molecule has 1 fully saturated rings. The van der Waals surface area contributed by atoms with Crippen LogP contribution < -0.4 is 8.85 Å². The summed E-state index contributed by atoms with van der Waals surface area (Å²) >= 11 is 0. The van der Waals surface area contributed by atoms with Crippen molar-refractivity contribution < 1.29 is 27.5 Å². The van der Waals surface area contributed by atoms with Crippen LogP contribution in [0.25, 0.3) is 27.5 Å². The van der Waals surface area contributed by atoms with Gasteiger partial charge in [0, 0.05) is 16.7 Å². The summed E-state index contributed by atoms with van der Waals surface area (Å²) in [7, 11) is -3.02. The molecule has 0 saturated carbocycles. The van der Waals surface area contributed by atoms with Crippen LogP contribution in [0.4, 0.5) is 0 Å². The van der Waals surface area contributed by atoms with Gasteiger partial charge in [-0.1, -0.05) is 54.5 Å². The average molecular weight is 579 g/mol. The molecule has 2 aliphatic heterocycles. The van der Waals surface area contributed by atoms with Gasteiger partial charge in [0.2, 0.25) is 0 Å². The first-order valence-electron chi connectivity index (χ1n) is 15.1. The van der Waals surface area contributed by atoms with Crippen LogP contribution in [0.3, 0.4) is 0 Å². The molecular formula is C34H46O6Si. The number of allylic oxidation sites excluding steroid dienone is 2. The third kappa shape index (κ3) is 5.61. The van der Waals surface area contributed by atoms with E-state index in [9.17, 15) is 4.79 Å². The summed E-state index contributed by atoms with van der Waals surface area (Å²) in [5.74, 6) is 2.05. The summed E-state index contributed by atoms with van der Waals surface area (Å²) in [4.78, 5) is 11.3. The number of benzene rings is 2. The lowest BCUT2D eigenvalue weighted by Gasteiger charge is -2.47. The molecule has 7 heteroatoms. The summed E-state index contributed by atoms with van der Waals surface area (Å²) < 4.78 is 32.8. The molecule has 3 heterocycles. The molecule has 0 radical (unpaired) electrons. The van der Waals surface area contributed by atoms with Gasteiger partial charge in [0.1, 0.15) is 29.0 Å². The molecule has 1 saturated heterocycles. The number of rotatable bonds is 8. The van der Waals surface area contributed by atoms with E-state index in [2.05, 4.69) is 66.7 Å². The number of carbonyl (C=O) groups excluding carboxylic acids is 1. The van der Waals surface area contributed by atoms with Crippen LogP contribution in [0, 0.1) is 5.92 Å². The zero-order valence-electron chi connectivity index (χ0n) is 26.0. The predicted octanol–water partition coefficient (Wildman–Crippen LogP) is 9.11.